The molecule has 0 aliphatic carbocycles. The Morgan fingerprint density at radius 1 is 1.25 bits per heavy atom. The van der Waals surface area contributed by atoms with E-state index in [4.69, 9.17) is 0 Å². The maximum absolute atomic E-state index is 12.5. The lowest BCUT2D eigenvalue weighted by Gasteiger charge is -2.19. The highest BCUT2D eigenvalue weighted by Crippen LogP contribution is 2.16. The third-order valence-corrected chi connectivity index (χ3v) is 3.59. The fourth-order valence-electron chi connectivity index (χ4n) is 2.41. The number of rotatable bonds is 3. The van der Waals surface area contributed by atoms with Crippen molar-refractivity contribution in [3.8, 4) is 0 Å². The van der Waals surface area contributed by atoms with Gasteiger partial charge >= 0.3 is 0 Å². The van der Waals surface area contributed by atoms with Crippen molar-refractivity contribution in [1.29, 1.82) is 0 Å². The van der Waals surface area contributed by atoms with E-state index in [1.54, 1.807) is 4.90 Å². The molecule has 0 spiro atoms. The fraction of sp³-hybridized carbons (Fsp3) is 0.375. The molecule has 2 aromatic rings. The summed E-state index contributed by atoms with van der Waals surface area (Å²) in [5, 5.41) is 6.94. The van der Waals surface area contributed by atoms with E-state index in [0.717, 1.165) is 11.4 Å². The van der Waals surface area contributed by atoms with Crippen LogP contribution in [-0.4, -0.2) is 28.1 Å². The summed E-state index contributed by atoms with van der Waals surface area (Å²) in [6.45, 7) is 8.48. The van der Waals surface area contributed by atoms with Crippen LogP contribution in [0.4, 0.5) is 0 Å². The molecule has 106 valence electrons. The molecule has 20 heavy (non-hydrogen) atoms. The quantitative estimate of drug-likeness (QED) is 0.933. The van der Waals surface area contributed by atoms with Crippen molar-refractivity contribution in [3.63, 3.8) is 0 Å². The number of aromatic amines is 1. The first-order chi connectivity index (χ1) is 9.40. The third-order valence-electron chi connectivity index (χ3n) is 3.59. The summed E-state index contributed by atoms with van der Waals surface area (Å²) in [6.07, 6.45) is 0. The monoisotopic (exact) mass is 271 g/mol. The van der Waals surface area contributed by atoms with Crippen molar-refractivity contribution < 1.29 is 4.79 Å². The number of hydrogen-bond donors (Lipinski definition) is 1. The molecule has 4 heteroatoms. The fourth-order valence-corrected chi connectivity index (χ4v) is 2.41. The van der Waals surface area contributed by atoms with Gasteiger partial charge in [0.2, 0.25) is 0 Å². The summed E-state index contributed by atoms with van der Waals surface area (Å²) < 4.78 is 0. The molecule has 0 aliphatic heterocycles. The van der Waals surface area contributed by atoms with Gasteiger partial charge in [-0.3, -0.25) is 9.89 Å². The minimum atomic E-state index is 0.00808. The van der Waals surface area contributed by atoms with E-state index in [2.05, 4.69) is 42.2 Å². The first-order valence-corrected chi connectivity index (χ1v) is 6.73. The Labute approximate surface area is 119 Å². The minimum Gasteiger partial charge on any atom is -0.337 e. The number of benzene rings is 1. The number of nitrogens with zero attached hydrogens (tertiary/aromatic N) is 2. The summed E-state index contributed by atoms with van der Waals surface area (Å²) in [4.78, 5) is 14.2. The van der Waals surface area contributed by atoms with E-state index in [9.17, 15) is 4.79 Å². The van der Waals surface area contributed by atoms with Crippen LogP contribution in [0.25, 0.3) is 0 Å². The van der Waals surface area contributed by atoms with Crippen LogP contribution in [0, 0.1) is 27.7 Å². The number of carbonyl (C=O) groups is 1. The van der Waals surface area contributed by atoms with E-state index >= 15 is 0 Å². The lowest BCUT2D eigenvalue weighted by molar-refractivity contribution is 0.0783. The van der Waals surface area contributed by atoms with Crippen molar-refractivity contribution in [1.82, 2.24) is 15.1 Å². The normalized spacial score (nSPS) is 10.7. The van der Waals surface area contributed by atoms with E-state index in [-0.39, 0.29) is 5.91 Å². The van der Waals surface area contributed by atoms with Gasteiger partial charge in [-0.05, 0) is 38.8 Å². The zero-order valence-electron chi connectivity index (χ0n) is 12.7. The molecule has 0 fully saturated rings. The van der Waals surface area contributed by atoms with Gasteiger partial charge in [0, 0.05) is 19.3 Å². The second-order valence-electron chi connectivity index (χ2n) is 5.40. The molecule has 4 nitrogen and oxygen atoms in total. The van der Waals surface area contributed by atoms with Crippen LogP contribution in [0.1, 0.15) is 38.4 Å². The van der Waals surface area contributed by atoms with Crippen molar-refractivity contribution in [3.05, 3.63) is 51.8 Å². The molecule has 0 unspecified atom stereocenters. The van der Waals surface area contributed by atoms with Crippen LogP contribution in [0.15, 0.2) is 18.2 Å². The average Bonchev–Trinajstić information content (AvgIpc) is 2.71. The van der Waals surface area contributed by atoms with Gasteiger partial charge in [-0.15, -0.1) is 0 Å². The maximum atomic E-state index is 12.5. The van der Waals surface area contributed by atoms with Crippen molar-refractivity contribution in [2.45, 2.75) is 34.2 Å². The molecule has 0 radical (unpaired) electrons. The number of carbonyl (C=O) groups excluding carboxylic acids is 1. The molecule has 1 aromatic heterocycles. The molecule has 2 rings (SSSR count). The molecule has 1 N–H and O–H groups in total. The molecule has 1 heterocycles. The van der Waals surface area contributed by atoms with Crippen LogP contribution in [0.3, 0.4) is 0 Å². The highest BCUT2D eigenvalue weighted by molar-refractivity contribution is 5.96. The SMILES string of the molecule is Cc1ccc(CN(C)C(=O)c2c(C)n[nH]c2C)c(C)c1. The zero-order chi connectivity index (χ0) is 14.9. The van der Waals surface area contributed by atoms with Gasteiger partial charge in [-0.1, -0.05) is 23.8 Å². The Hall–Kier alpha value is -2.10. The van der Waals surface area contributed by atoms with Gasteiger partial charge in [0.05, 0.1) is 11.3 Å². The Kier molecular flexibility index (Phi) is 3.93. The van der Waals surface area contributed by atoms with Gasteiger partial charge < -0.3 is 4.90 Å². The maximum Gasteiger partial charge on any atom is 0.257 e. The summed E-state index contributed by atoms with van der Waals surface area (Å²) in [6, 6.07) is 6.31. The summed E-state index contributed by atoms with van der Waals surface area (Å²) in [5.41, 5.74) is 5.87. The third kappa shape index (κ3) is 2.74. The van der Waals surface area contributed by atoms with Crippen molar-refractivity contribution in [2.24, 2.45) is 0 Å². The molecule has 0 bridgehead atoms. The standard InChI is InChI=1S/C16H21N3O/c1-10-6-7-14(11(2)8-10)9-19(5)16(20)15-12(3)17-18-13(15)4/h6-8H,9H2,1-5H3,(H,17,18). The summed E-state index contributed by atoms with van der Waals surface area (Å²) in [5.74, 6) is 0.00808. The molecule has 0 saturated carbocycles. The molecule has 0 atom stereocenters. The van der Waals surface area contributed by atoms with Gasteiger partial charge in [-0.2, -0.15) is 5.10 Å². The summed E-state index contributed by atoms with van der Waals surface area (Å²) >= 11 is 0. The lowest BCUT2D eigenvalue weighted by Crippen LogP contribution is -2.27. The highest BCUT2D eigenvalue weighted by atomic mass is 16.2. The Balaban J connectivity index is 2.20. The smallest absolute Gasteiger partial charge is 0.257 e. The Morgan fingerprint density at radius 2 is 1.95 bits per heavy atom. The van der Waals surface area contributed by atoms with Crippen LogP contribution < -0.4 is 0 Å². The molecule has 1 amide bonds. The number of aryl methyl sites for hydroxylation is 4. The molecule has 0 saturated heterocycles. The van der Waals surface area contributed by atoms with Gasteiger partial charge in [0.1, 0.15) is 0 Å². The van der Waals surface area contributed by atoms with Gasteiger partial charge in [-0.25, -0.2) is 0 Å². The second-order valence-corrected chi connectivity index (χ2v) is 5.40. The van der Waals surface area contributed by atoms with Crippen molar-refractivity contribution in [2.75, 3.05) is 7.05 Å². The van der Waals surface area contributed by atoms with Crippen LogP contribution in [0.2, 0.25) is 0 Å². The first-order valence-electron chi connectivity index (χ1n) is 6.73. The number of amides is 1. The number of aromatic nitrogens is 2. The minimum absolute atomic E-state index is 0.00808. The predicted molar refractivity (Wildman–Crippen MR) is 79.8 cm³/mol. The number of H-pyrrole nitrogens is 1. The zero-order valence-corrected chi connectivity index (χ0v) is 12.7. The van der Waals surface area contributed by atoms with E-state index in [1.807, 2.05) is 20.9 Å². The van der Waals surface area contributed by atoms with Crippen LogP contribution in [-0.2, 0) is 6.54 Å². The second kappa shape index (κ2) is 5.49. The summed E-state index contributed by atoms with van der Waals surface area (Å²) in [7, 11) is 1.83. The average molecular weight is 271 g/mol. The van der Waals surface area contributed by atoms with Gasteiger partial charge in [0.25, 0.3) is 5.91 Å². The lowest BCUT2D eigenvalue weighted by atomic mass is 10.0. The van der Waals surface area contributed by atoms with E-state index < -0.39 is 0 Å². The van der Waals surface area contributed by atoms with Crippen molar-refractivity contribution >= 4 is 5.91 Å². The Bertz CT molecular complexity index is 624. The largest absolute Gasteiger partial charge is 0.337 e. The number of hydrogen-bond acceptors (Lipinski definition) is 2. The molecule has 1 aromatic carbocycles. The topological polar surface area (TPSA) is 49.0 Å². The number of nitrogens with one attached hydrogen (secondary N) is 1. The van der Waals surface area contributed by atoms with Gasteiger partial charge in [0.15, 0.2) is 0 Å². The van der Waals surface area contributed by atoms with E-state index in [1.165, 1.54) is 16.7 Å². The Morgan fingerprint density at radius 3 is 2.50 bits per heavy atom. The van der Waals surface area contributed by atoms with Crippen LogP contribution in [0.5, 0.6) is 0 Å². The highest BCUT2D eigenvalue weighted by Gasteiger charge is 2.19. The molecular formula is C16H21N3O. The molecule has 0 aliphatic rings. The molecular weight excluding hydrogens is 250 g/mol. The van der Waals surface area contributed by atoms with E-state index in [0.29, 0.717) is 12.1 Å². The van der Waals surface area contributed by atoms with Crippen LogP contribution >= 0.6 is 0 Å². The first kappa shape index (κ1) is 14.3. The predicted octanol–water partition coefficient (Wildman–Crippen LogP) is 2.92.